The first-order valence-corrected chi connectivity index (χ1v) is 8.98. The van der Waals surface area contributed by atoms with Crippen LogP contribution in [-0.2, 0) is 11.2 Å². The minimum atomic E-state index is 0.223. The molecule has 0 aromatic heterocycles. The van der Waals surface area contributed by atoms with Gasteiger partial charge < -0.3 is 9.80 Å². The summed E-state index contributed by atoms with van der Waals surface area (Å²) in [6.07, 6.45) is 3.70. The standard InChI is InChI=1S/C19H29N3O/c1-17(23)21-13-15-22(16-14-21)19-8-11-20(12-9-19)10-7-18-5-3-2-4-6-18/h2-6,19H,7-16H2,1H3. The molecule has 4 nitrogen and oxygen atoms in total. The predicted octanol–water partition coefficient (Wildman–Crippen LogP) is 1.86. The Morgan fingerprint density at radius 1 is 1.00 bits per heavy atom. The van der Waals surface area contributed by atoms with Crippen LogP contribution in [0.15, 0.2) is 30.3 Å². The molecule has 2 heterocycles. The summed E-state index contributed by atoms with van der Waals surface area (Å²) in [5.74, 6) is 0.223. The number of nitrogens with zero attached hydrogens (tertiary/aromatic N) is 3. The summed E-state index contributed by atoms with van der Waals surface area (Å²) in [6.45, 7) is 9.19. The van der Waals surface area contributed by atoms with Gasteiger partial charge in [-0.1, -0.05) is 30.3 Å². The van der Waals surface area contributed by atoms with Crippen LogP contribution >= 0.6 is 0 Å². The summed E-state index contributed by atoms with van der Waals surface area (Å²) in [5, 5.41) is 0. The summed E-state index contributed by atoms with van der Waals surface area (Å²) >= 11 is 0. The largest absolute Gasteiger partial charge is 0.340 e. The molecular weight excluding hydrogens is 286 g/mol. The lowest BCUT2D eigenvalue weighted by atomic mass is 10.0. The number of carbonyl (C=O) groups excluding carboxylic acids is 1. The molecule has 0 bridgehead atoms. The molecule has 1 aromatic rings. The quantitative estimate of drug-likeness (QED) is 0.848. The predicted molar refractivity (Wildman–Crippen MR) is 93.4 cm³/mol. The Hall–Kier alpha value is -1.39. The molecule has 0 radical (unpaired) electrons. The van der Waals surface area contributed by atoms with E-state index in [4.69, 9.17) is 0 Å². The fourth-order valence-corrected chi connectivity index (χ4v) is 3.84. The number of carbonyl (C=O) groups is 1. The van der Waals surface area contributed by atoms with Gasteiger partial charge in [-0.2, -0.15) is 0 Å². The molecule has 0 N–H and O–H groups in total. The minimum Gasteiger partial charge on any atom is -0.340 e. The molecule has 2 saturated heterocycles. The van der Waals surface area contributed by atoms with Gasteiger partial charge in [0, 0.05) is 45.7 Å². The van der Waals surface area contributed by atoms with Crippen molar-refractivity contribution in [2.45, 2.75) is 32.2 Å². The number of hydrogen-bond acceptors (Lipinski definition) is 3. The van der Waals surface area contributed by atoms with Crippen LogP contribution in [0.4, 0.5) is 0 Å². The lowest BCUT2D eigenvalue weighted by Crippen LogP contribution is -2.54. The Kier molecular flexibility index (Phi) is 5.68. The van der Waals surface area contributed by atoms with Gasteiger partial charge in [-0.15, -0.1) is 0 Å². The van der Waals surface area contributed by atoms with Gasteiger partial charge in [-0.3, -0.25) is 9.69 Å². The van der Waals surface area contributed by atoms with Crippen LogP contribution in [0.5, 0.6) is 0 Å². The van der Waals surface area contributed by atoms with Crippen molar-refractivity contribution in [3.63, 3.8) is 0 Å². The third-order valence-electron chi connectivity index (χ3n) is 5.39. The van der Waals surface area contributed by atoms with Crippen molar-refractivity contribution in [3.8, 4) is 0 Å². The Labute approximate surface area is 140 Å². The van der Waals surface area contributed by atoms with Gasteiger partial charge in [0.15, 0.2) is 0 Å². The number of piperazine rings is 1. The van der Waals surface area contributed by atoms with Gasteiger partial charge in [0.1, 0.15) is 0 Å². The van der Waals surface area contributed by atoms with Gasteiger partial charge in [-0.25, -0.2) is 0 Å². The second kappa shape index (κ2) is 7.93. The van der Waals surface area contributed by atoms with E-state index < -0.39 is 0 Å². The van der Waals surface area contributed by atoms with E-state index in [1.807, 2.05) is 4.90 Å². The zero-order valence-corrected chi connectivity index (χ0v) is 14.3. The second-order valence-corrected chi connectivity index (χ2v) is 6.85. The molecule has 2 aliphatic rings. The van der Waals surface area contributed by atoms with Crippen LogP contribution in [0, 0.1) is 0 Å². The SMILES string of the molecule is CC(=O)N1CCN(C2CCN(CCc3ccccc3)CC2)CC1. The van der Waals surface area contributed by atoms with Crippen molar-refractivity contribution in [1.29, 1.82) is 0 Å². The lowest BCUT2D eigenvalue weighted by Gasteiger charge is -2.42. The molecule has 4 heteroatoms. The Morgan fingerprint density at radius 3 is 2.26 bits per heavy atom. The van der Waals surface area contributed by atoms with Crippen LogP contribution in [0.2, 0.25) is 0 Å². The average molecular weight is 315 g/mol. The van der Waals surface area contributed by atoms with Gasteiger partial charge >= 0.3 is 0 Å². The van der Waals surface area contributed by atoms with Crippen molar-refractivity contribution in [2.24, 2.45) is 0 Å². The molecule has 0 aliphatic carbocycles. The molecule has 3 rings (SSSR count). The smallest absolute Gasteiger partial charge is 0.219 e. The van der Waals surface area contributed by atoms with Crippen molar-refractivity contribution < 1.29 is 4.79 Å². The van der Waals surface area contributed by atoms with Gasteiger partial charge in [0.2, 0.25) is 5.91 Å². The van der Waals surface area contributed by atoms with E-state index in [0.717, 1.165) is 38.6 Å². The van der Waals surface area contributed by atoms with Crippen molar-refractivity contribution in [2.75, 3.05) is 45.8 Å². The van der Waals surface area contributed by atoms with Crippen LogP contribution in [0.25, 0.3) is 0 Å². The molecule has 2 aliphatic heterocycles. The van der Waals surface area contributed by atoms with Gasteiger partial charge in [-0.05, 0) is 37.9 Å². The Balaban J connectivity index is 1.38. The number of benzene rings is 1. The van der Waals surface area contributed by atoms with Crippen LogP contribution < -0.4 is 0 Å². The van der Waals surface area contributed by atoms with Crippen LogP contribution in [0.3, 0.4) is 0 Å². The third-order valence-corrected chi connectivity index (χ3v) is 5.39. The molecule has 2 fully saturated rings. The highest BCUT2D eigenvalue weighted by Gasteiger charge is 2.27. The summed E-state index contributed by atoms with van der Waals surface area (Å²) in [5.41, 5.74) is 1.44. The first-order valence-electron chi connectivity index (χ1n) is 8.98. The summed E-state index contributed by atoms with van der Waals surface area (Å²) in [7, 11) is 0. The zero-order chi connectivity index (χ0) is 16.1. The van der Waals surface area contributed by atoms with E-state index in [2.05, 4.69) is 40.1 Å². The van der Waals surface area contributed by atoms with E-state index >= 15 is 0 Å². The second-order valence-electron chi connectivity index (χ2n) is 6.85. The maximum Gasteiger partial charge on any atom is 0.219 e. The van der Waals surface area contributed by atoms with Gasteiger partial charge in [0.05, 0.1) is 0 Å². The Bertz CT molecular complexity index is 489. The van der Waals surface area contributed by atoms with E-state index in [-0.39, 0.29) is 5.91 Å². The highest BCUT2D eigenvalue weighted by Crippen LogP contribution is 2.18. The summed E-state index contributed by atoms with van der Waals surface area (Å²) in [4.78, 5) is 18.6. The Morgan fingerprint density at radius 2 is 1.65 bits per heavy atom. The number of hydrogen-bond donors (Lipinski definition) is 0. The molecule has 1 aromatic carbocycles. The number of rotatable bonds is 4. The highest BCUT2D eigenvalue weighted by molar-refractivity contribution is 5.73. The van der Waals surface area contributed by atoms with E-state index in [1.165, 1.54) is 38.0 Å². The third kappa shape index (κ3) is 4.55. The maximum atomic E-state index is 11.4. The number of amides is 1. The molecule has 0 unspecified atom stereocenters. The van der Waals surface area contributed by atoms with Crippen molar-refractivity contribution in [3.05, 3.63) is 35.9 Å². The molecular formula is C19H29N3O. The first kappa shape index (κ1) is 16.5. The molecule has 126 valence electrons. The zero-order valence-electron chi connectivity index (χ0n) is 14.3. The lowest BCUT2D eigenvalue weighted by molar-refractivity contribution is -0.131. The van der Waals surface area contributed by atoms with E-state index in [0.29, 0.717) is 0 Å². The van der Waals surface area contributed by atoms with Crippen molar-refractivity contribution >= 4 is 5.91 Å². The molecule has 0 spiro atoms. The topological polar surface area (TPSA) is 26.8 Å². The molecule has 23 heavy (non-hydrogen) atoms. The van der Waals surface area contributed by atoms with Gasteiger partial charge in [0.25, 0.3) is 0 Å². The van der Waals surface area contributed by atoms with Crippen molar-refractivity contribution in [1.82, 2.24) is 14.7 Å². The molecule has 0 atom stereocenters. The van der Waals surface area contributed by atoms with Crippen LogP contribution in [0.1, 0.15) is 25.3 Å². The van der Waals surface area contributed by atoms with E-state index in [1.54, 1.807) is 6.92 Å². The highest BCUT2D eigenvalue weighted by atomic mass is 16.2. The maximum absolute atomic E-state index is 11.4. The minimum absolute atomic E-state index is 0.223. The normalized spacial score (nSPS) is 21.5. The first-order chi connectivity index (χ1) is 11.2. The average Bonchev–Trinajstić information content (AvgIpc) is 2.61. The molecule has 0 saturated carbocycles. The summed E-state index contributed by atoms with van der Waals surface area (Å²) < 4.78 is 0. The fraction of sp³-hybridized carbons (Fsp3) is 0.632. The number of piperidine rings is 1. The summed E-state index contributed by atoms with van der Waals surface area (Å²) in [6, 6.07) is 11.5. The van der Waals surface area contributed by atoms with Crippen LogP contribution in [-0.4, -0.2) is 72.5 Å². The fourth-order valence-electron chi connectivity index (χ4n) is 3.84. The molecule has 1 amide bonds. The monoisotopic (exact) mass is 315 g/mol. The van der Waals surface area contributed by atoms with E-state index in [9.17, 15) is 4.79 Å². The number of likely N-dealkylation sites (tertiary alicyclic amines) is 1.